The van der Waals surface area contributed by atoms with Gasteiger partial charge in [0, 0.05) is 16.6 Å². The zero-order chi connectivity index (χ0) is 16.9. The largest absolute Gasteiger partial charge is 0.321 e. The van der Waals surface area contributed by atoms with Gasteiger partial charge in [-0.2, -0.15) is 0 Å². The van der Waals surface area contributed by atoms with Crippen LogP contribution in [0.4, 0.5) is 5.69 Å². The zero-order valence-electron chi connectivity index (χ0n) is 12.5. The average molecular weight is 397 g/mol. The van der Waals surface area contributed by atoms with Crippen LogP contribution >= 0.6 is 15.9 Å². The molecule has 7 heteroatoms. The summed E-state index contributed by atoms with van der Waals surface area (Å²) in [6.07, 6.45) is 0.696. The van der Waals surface area contributed by atoms with Gasteiger partial charge in [0.15, 0.2) is 0 Å². The van der Waals surface area contributed by atoms with Gasteiger partial charge in [0.25, 0.3) is 5.91 Å². The fraction of sp³-hybridized carbons (Fsp3) is 0.188. The molecule has 0 spiro atoms. The van der Waals surface area contributed by atoms with E-state index in [2.05, 4.69) is 26.0 Å². The first-order valence-corrected chi connectivity index (χ1v) is 9.37. The van der Waals surface area contributed by atoms with Crippen molar-refractivity contribution in [2.45, 2.75) is 18.2 Å². The Morgan fingerprint density at radius 1 is 1.13 bits per heavy atom. The van der Waals surface area contributed by atoms with Crippen LogP contribution in [0.1, 0.15) is 23.7 Å². The van der Waals surface area contributed by atoms with Crippen molar-refractivity contribution in [3.05, 3.63) is 58.6 Å². The molecule has 2 N–H and O–H groups in total. The monoisotopic (exact) mass is 396 g/mol. The molecule has 0 fully saturated rings. The number of halogens is 1. The van der Waals surface area contributed by atoms with Crippen molar-refractivity contribution in [3.63, 3.8) is 0 Å². The number of nitrogens with one attached hydrogen (secondary N) is 2. The molecule has 23 heavy (non-hydrogen) atoms. The number of amides is 1. The van der Waals surface area contributed by atoms with Gasteiger partial charge in [0.1, 0.15) is 0 Å². The van der Waals surface area contributed by atoms with E-state index in [1.54, 1.807) is 24.3 Å². The highest BCUT2D eigenvalue weighted by Gasteiger charge is 2.16. The third-order valence-corrected chi connectivity index (χ3v) is 5.22. The number of hydrogen-bond acceptors (Lipinski definition) is 3. The van der Waals surface area contributed by atoms with Gasteiger partial charge >= 0.3 is 0 Å². The number of hydrogen-bond donors (Lipinski definition) is 2. The SMILES string of the molecule is CCCNS(=O)(=O)c1cccc(C(=O)Nc2ccccc2Br)c1. The van der Waals surface area contributed by atoms with Gasteiger partial charge in [-0.1, -0.05) is 25.1 Å². The summed E-state index contributed by atoms with van der Waals surface area (Å²) in [5.41, 5.74) is 0.898. The Bertz CT molecular complexity index is 806. The molecule has 0 aliphatic carbocycles. The highest BCUT2D eigenvalue weighted by molar-refractivity contribution is 9.10. The summed E-state index contributed by atoms with van der Waals surface area (Å²) in [4.78, 5) is 12.4. The molecule has 0 heterocycles. The van der Waals surface area contributed by atoms with Crippen LogP contribution < -0.4 is 10.0 Å². The van der Waals surface area contributed by atoms with Crippen molar-refractivity contribution in [1.29, 1.82) is 0 Å². The van der Waals surface area contributed by atoms with E-state index in [1.807, 2.05) is 19.1 Å². The lowest BCUT2D eigenvalue weighted by molar-refractivity contribution is 0.102. The molecule has 0 unspecified atom stereocenters. The smallest absolute Gasteiger partial charge is 0.255 e. The van der Waals surface area contributed by atoms with Gasteiger partial charge in [-0.3, -0.25) is 4.79 Å². The van der Waals surface area contributed by atoms with Crippen molar-refractivity contribution in [1.82, 2.24) is 4.72 Å². The van der Waals surface area contributed by atoms with E-state index >= 15 is 0 Å². The van der Waals surface area contributed by atoms with E-state index in [0.29, 0.717) is 18.7 Å². The molecule has 0 atom stereocenters. The Morgan fingerprint density at radius 2 is 1.87 bits per heavy atom. The molecule has 0 aliphatic heterocycles. The third kappa shape index (κ3) is 4.63. The number of rotatable bonds is 6. The van der Waals surface area contributed by atoms with Gasteiger partial charge in [-0.15, -0.1) is 0 Å². The molecule has 122 valence electrons. The van der Waals surface area contributed by atoms with Crippen LogP contribution in [-0.2, 0) is 10.0 Å². The predicted octanol–water partition coefficient (Wildman–Crippen LogP) is 3.39. The summed E-state index contributed by atoms with van der Waals surface area (Å²) >= 11 is 3.35. The molecular formula is C16H17BrN2O3S. The van der Waals surface area contributed by atoms with E-state index in [4.69, 9.17) is 0 Å². The molecule has 0 saturated carbocycles. The van der Waals surface area contributed by atoms with Crippen molar-refractivity contribution >= 4 is 37.5 Å². The molecule has 0 aliphatic rings. The van der Waals surface area contributed by atoms with Crippen LogP contribution in [0.3, 0.4) is 0 Å². The standard InChI is InChI=1S/C16H17BrN2O3S/c1-2-10-18-23(21,22)13-7-5-6-12(11-13)16(20)19-15-9-4-3-8-14(15)17/h3-9,11,18H,2,10H2,1H3,(H,19,20). The van der Waals surface area contributed by atoms with Crippen molar-refractivity contribution in [2.24, 2.45) is 0 Å². The van der Waals surface area contributed by atoms with Crippen LogP contribution in [0.15, 0.2) is 57.9 Å². The van der Waals surface area contributed by atoms with E-state index in [9.17, 15) is 13.2 Å². The molecule has 1 amide bonds. The van der Waals surface area contributed by atoms with E-state index < -0.39 is 10.0 Å². The summed E-state index contributed by atoms with van der Waals surface area (Å²) in [5.74, 6) is -0.371. The Morgan fingerprint density at radius 3 is 2.57 bits per heavy atom. The third-order valence-electron chi connectivity index (χ3n) is 3.07. The minimum Gasteiger partial charge on any atom is -0.321 e. The van der Waals surface area contributed by atoms with Crippen LogP contribution in [0.5, 0.6) is 0 Å². The number of para-hydroxylation sites is 1. The Labute approximate surface area is 144 Å². The van der Waals surface area contributed by atoms with E-state index in [1.165, 1.54) is 12.1 Å². The Balaban J connectivity index is 2.23. The van der Waals surface area contributed by atoms with Crippen molar-refractivity contribution in [3.8, 4) is 0 Å². The van der Waals surface area contributed by atoms with Gasteiger partial charge in [0.05, 0.1) is 10.6 Å². The first-order valence-electron chi connectivity index (χ1n) is 7.09. The second kappa shape index (κ2) is 7.72. The molecule has 0 aromatic heterocycles. The fourth-order valence-corrected chi connectivity index (χ4v) is 3.44. The lowest BCUT2D eigenvalue weighted by atomic mass is 10.2. The van der Waals surface area contributed by atoms with Gasteiger partial charge in [0.2, 0.25) is 10.0 Å². The Hall–Kier alpha value is -1.70. The minimum absolute atomic E-state index is 0.0747. The normalized spacial score (nSPS) is 11.2. The lowest BCUT2D eigenvalue weighted by Crippen LogP contribution is -2.24. The summed E-state index contributed by atoms with van der Waals surface area (Å²) < 4.78 is 27.5. The number of benzene rings is 2. The van der Waals surface area contributed by atoms with Gasteiger partial charge in [-0.05, 0) is 52.7 Å². The maximum absolute atomic E-state index is 12.3. The molecular weight excluding hydrogens is 380 g/mol. The number of anilines is 1. The van der Waals surface area contributed by atoms with Crippen molar-refractivity contribution < 1.29 is 13.2 Å². The van der Waals surface area contributed by atoms with Crippen LogP contribution in [0.2, 0.25) is 0 Å². The van der Waals surface area contributed by atoms with E-state index in [-0.39, 0.29) is 16.4 Å². The highest BCUT2D eigenvalue weighted by Crippen LogP contribution is 2.22. The molecule has 0 bridgehead atoms. The average Bonchev–Trinajstić information content (AvgIpc) is 2.55. The summed E-state index contributed by atoms with van der Waals surface area (Å²) in [7, 11) is -3.60. The molecule has 2 aromatic rings. The molecule has 2 aromatic carbocycles. The summed E-state index contributed by atoms with van der Waals surface area (Å²) in [6.45, 7) is 2.24. The lowest BCUT2D eigenvalue weighted by Gasteiger charge is -2.09. The predicted molar refractivity (Wildman–Crippen MR) is 94.0 cm³/mol. The number of carbonyl (C=O) groups excluding carboxylic acids is 1. The molecule has 0 saturated heterocycles. The molecule has 2 rings (SSSR count). The Kier molecular flexibility index (Phi) is 5.92. The quantitative estimate of drug-likeness (QED) is 0.785. The summed E-state index contributed by atoms with van der Waals surface area (Å²) in [5, 5.41) is 2.75. The van der Waals surface area contributed by atoms with Gasteiger partial charge < -0.3 is 5.32 Å². The molecule has 0 radical (unpaired) electrons. The molecule has 5 nitrogen and oxygen atoms in total. The van der Waals surface area contributed by atoms with Crippen LogP contribution in [-0.4, -0.2) is 20.9 Å². The maximum atomic E-state index is 12.3. The van der Waals surface area contributed by atoms with Gasteiger partial charge in [-0.25, -0.2) is 13.1 Å². The first-order chi connectivity index (χ1) is 10.9. The number of carbonyl (C=O) groups is 1. The fourth-order valence-electron chi connectivity index (χ4n) is 1.88. The topological polar surface area (TPSA) is 75.3 Å². The van der Waals surface area contributed by atoms with Crippen molar-refractivity contribution in [2.75, 3.05) is 11.9 Å². The van der Waals surface area contributed by atoms with E-state index in [0.717, 1.165) is 4.47 Å². The second-order valence-corrected chi connectivity index (χ2v) is 7.48. The number of sulfonamides is 1. The van der Waals surface area contributed by atoms with Crippen LogP contribution in [0.25, 0.3) is 0 Å². The first kappa shape index (κ1) is 17.7. The maximum Gasteiger partial charge on any atom is 0.255 e. The summed E-state index contributed by atoms with van der Waals surface area (Å²) in [6, 6.07) is 13.2. The second-order valence-electron chi connectivity index (χ2n) is 4.86. The van der Waals surface area contributed by atoms with Crippen LogP contribution in [0, 0.1) is 0 Å². The minimum atomic E-state index is -3.60. The highest BCUT2D eigenvalue weighted by atomic mass is 79.9. The zero-order valence-corrected chi connectivity index (χ0v) is 14.9.